The third-order valence-corrected chi connectivity index (χ3v) is 6.29. The molecule has 1 saturated heterocycles. The highest BCUT2D eigenvalue weighted by Crippen LogP contribution is 2.40. The van der Waals surface area contributed by atoms with Gasteiger partial charge in [-0.25, -0.2) is 8.78 Å². The Hall–Kier alpha value is -3.07. The molecule has 3 heterocycles. The molecular weight excluding hydrogens is 408 g/mol. The molecule has 1 fully saturated rings. The second kappa shape index (κ2) is 7.88. The fourth-order valence-corrected chi connectivity index (χ4v) is 4.44. The fraction of sp³-hybridized carbons (Fsp3) is 0.409. The molecule has 0 aliphatic carbocycles. The highest BCUT2D eigenvalue weighted by atomic mass is 19.1. The van der Waals surface area contributed by atoms with E-state index < -0.39 is 28.4 Å². The number of halogens is 2. The lowest BCUT2D eigenvalue weighted by atomic mass is 9.69. The molecule has 4 rings (SSSR count). The molecule has 0 spiro atoms. The van der Waals surface area contributed by atoms with Crippen molar-refractivity contribution < 1.29 is 23.1 Å². The highest BCUT2D eigenvalue weighted by molar-refractivity contribution is 6.03. The minimum atomic E-state index is -0.798. The average molecular weight is 431 g/mol. The van der Waals surface area contributed by atoms with E-state index in [2.05, 4.69) is 10.6 Å². The van der Waals surface area contributed by atoms with E-state index in [1.807, 2.05) is 6.92 Å². The molecule has 1 aromatic carbocycles. The summed E-state index contributed by atoms with van der Waals surface area (Å²) in [5.74, 6) is -2.62. The van der Waals surface area contributed by atoms with Crippen molar-refractivity contribution in [3.8, 4) is 5.75 Å². The molecule has 2 N–H and O–H groups in total. The van der Waals surface area contributed by atoms with Crippen molar-refractivity contribution in [1.82, 2.24) is 15.2 Å². The van der Waals surface area contributed by atoms with Crippen LogP contribution in [-0.2, 0) is 13.1 Å². The average Bonchev–Trinajstić information content (AvgIpc) is 2.74. The van der Waals surface area contributed by atoms with Gasteiger partial charge < -0.3 is 19.9 Å². The van der Waals surface area contributed by atoms with E-state index in [-0.39, 0.29) is 40.9 Å². The number of amides is 1. The monoisotopic (exact) mass is 431 g/mol. The molecule has 0 unspecified atom stereocenters. The molecule has 31 heavy (non-hydrogen) atoms. The van der Waals surface area contributed by atoms with Crippen LogP contribution in [0.4, 0.5) is 8.78 Å². The number of carbonyl (C=O) groups is 2. The number of piperidine rings is 1. The summed E-state index contributed by atoms with van der Waals surface area (Å²) in [6.45, 7) is 2.85. The summed E-state index contributed by atoms with van der Waals surface area (Å²) in [6, 6.07) is 2.90. The number of benzene rings is 1. The molecule has 0 bridgehead atoms. The first-order valence-corrected chi connectivity index (χ1v) is 10.1. The van der Waals surface area contributed by atoms with Crippen molar-refractivity contribution >= 4 is 11.7 Å². The third-order valence-electron chi connectivity index (χ3n) is 6.29. The van der Waals surface area contributed by atoms with Crippen LogP contribution in [0.1, 0.15) is 46.2 Å². The van der Waals surface area contributed by atoms with E-state index in [1.54, 1.807) is 4.57 Å². The van der Waals surface area contributed by atoms with Crippen molar-refractivity contribution in [2.45, 2.75) is 38.9 Å². The molecule has 164 valence electrons. The SMILES string of the molecule is COc1c2n(cc(C(=O)NCc3ccc(F)cc3F)c1=O)C[C@@H]1NCCC[C@]1(C)C2=O. The number of carbonyl (C=O) groups excluding carboxylic acids is 2. The molecular formula is C22H23F2N3O4. The quantitative estimate of drug-likeness (QED) is 0.773. The lowest BCUT2D eigenvalue weighted by molar-refractivity contribution is 0.0574. The number of hydrogen-bond donors (Lipinski definition) is 2. The molecule has 2 aromatic rings. The molecule has 2 aliphatic heterocycles. The Bertz CT molecular complexity index is 1130. The van der Waals surface area contributed by atoms with Gasteiger partial charge >= 0.3 is 0 Å². The zero-order valence-corrected chi connectivity index (χ0v) is 17.3. The number of hydrogen-bond acceptors (Lipinski definition) is 5. The topological polar surface area (TPSA) is 89.4 Å². The van der Waals surface area contributed by atoms with Gasteiger partial charge in [-0.15, -0.1) is 0 Å². The van der Waals surface area contributed by atoms with Crippen molar-refractivity contribution in [3.63, 3.8) is 0 Å². The number of methoxy groups -OCH3 is 1. The van der Waals surface area contributed by atoms with Gasteiger partial charge in [-0.3, -0.25) is 14.4 Å². The Balaban J connectivity index is 1.68. The first-order chi connectivity index (χ1) is 14.8. The van der Waals surface area contributed by atoms with Crippen LogP contribution >= 0.6 is 0 Å². The smallest absolute Gasteiger partial charge is 0.257 e. The molecule has 2 atom stereocenters. The van der Waals surface area contributed by atoms with E-state index in [9.17, 15) is 23.2 Å². The lowest BCUT2D eigenvalue weighted by Crippen LogP contribution is -2.58. The largest absolute Gasteiger partial charge is 0.491 e. The zero-order chi connectivity index (χ0) is 22.3. The summed E-state index contributed by atoms with van der Waals surface area (Å²) in [5, 5.41) is 5.84. The Morgan fingerprint density at radius 3 is 2.84 bits per heavy atom. The summed E-state index contributed by atoms with van der Waals surface area (Å²) in [5.41, 5.74) is -1.32. The predicted octanol–water partition coefficient (Wildman–Crippen LogP) is 2.02. The number of nitrogens with zero attached hydrogens (tertiary/aromatic N) is 1. The Morgan fingerprint density at radius 2 is 2.13 bits per heavy atom. The number of nitrogens with one attached hydrogen (secondary N) is 2. The minimum Gasteiger partial charge on any atom is -0.491 e. The summed E-state index contributed by atoms with van der Waals surface area (Å²) in [6.07, 6.45) is 2.91. The van der Waals surface area contributed by atoms with Crippen LogP contribution in [0.15, 0.2) is 29.2 Å². The van der Waals surface area contributed by atoms with Gasteiger partial charge in [0.25, 0.3) is 5.91 Å². The predicted molar refractivity (Wildman–Crippen MR) is 108 cm³/mol. The normalized spacial score (nSPS) is 22.5. The summed E-state index contributed by atoms with van der Waals surface area (Å²) >= 11 is 0. The number of ether oxygens (including phenoxy) is 1. The van der Waals surface area contributed by atoms with Gasteiger partial charge in [0, 0.05) is 42.4 Å². The van der Waals surface area contributed by atoms with E-state index in [4.69, 9.17) is 4.74 Å². The molecule has 2 aliphatic rings. The Labute approximate surface area is 177 Å². The lowest BCUT2D eigenvalue weighted by Gasteiger charge is -2.45. The molecule has 7 nitrogen and oxygen atoms in total. The van der Waals surface area contributed by atoms with Crippen LogP contribution in [0.5, 0.6) is 5.75 Å². The van der Waals surface area contributed by atoms with Crippen LogP contribution in [-0.4, -0.2) is 36.0 Å². The Kier molecular flexibility index (Phi) is 5.38. The van der Waals surface area contributed by atoms with Crippen molar-refractivity contribution in [1.29, 1.82) is 0 Å². The molecule has 9 heteroatoms. The number of Topliss-reactive ketones (excluding diaryl/α,β-unsaturated/α-hetero) is 1. The standard InChI is InChI=1S/C22H23F2N3O4/c1-22-6-3-7-25-16(22)11-27-10-14(18(28)19(31-2)17(27)20(22)29)21(30)26-9-12-4-5-13(23)8-15(12)24/h4-5,8,10,16,25H,3,6-7,9,11H2,1-2H3,(H,26,30)/t16-,22-/m0/s1. The van der Waals surface area contributed by atoms with Crippen LogP contribution in [0.3, 0.4) is 0 Å². The maximum atomic E-state index is 13.8. The van der Waals surface area contributed by atoms with Gasteiger partial charge in [-0.1, -0.05) is 13.0 Å². The number of fused-ring (bicyclic) bond motifs is 2. The van der Waals surface area contributed by atoms with Crippen LogP contribution in [0, 0.1) is 17.0 Å². The summed E-state index contributed by atoms with van der Waals surface area (Å²) < 4.78 is 33.8. The van der Waals surface area contributed by atoms with Crippen molar-refractivity contribution in [2.24, 2.45) is 5.41 Å². The summed E-state index contributed by atoms with van der Waals surface area (Å²) in [7, 11) is 1.29. The number of pyridine rings is 1. The molecule has 1 amide bonds. The van der Waals surface area contributed by atoms with Crippen LogP contribution in [0.2, 0.25) is 0 Å². The fourth-order valence-electron chi connectivity index (χ4n) is 4.44. The first kappa shape index (κ1) is 21.2. The van der Waals surface area contributed by atoms with Gasteiger partial charge in [0.15, 0.2) is 11.5 Å². The number of aromatic nitrogens is 1. The minimum absolute atomic E-state index is 0.0807. The Morgan fingerprint density at radius 1 is 1.35 bits per heavy atom. The van der Waals surface area contributed by atoms with E-state index in [0.29, 0.717) is 13.0 Å². The van der Waals surface area contributed by atoms with E-state index in [1.165, 1.54) is 19.4 Å². The van der Waals surface area contributed by atoms with E-state index in [0.717, 1.165) is 25.1 Å². The first-order valence-electron chi connectivity index (χ1n) is 10.1. The highest BCUT2D eigenvalue weighted by Gasteiger charge is 2.49. The maximum Gasteiger partial charge on any atom is 0.257 e. The third kappa shape index (κ3) is 3.52. The van der Waals surface area contributed by atoms with Crippen LogP contribution in [0.25, 0.3) is 0 Å². The van der Waals surface area contributed by atoms with Crippen molar-refractivity contribution in [3.05, 3.63) is 63.1 Å². The molecule has 0 saturated carbocycles. The number of ketones is 1. The molecule has 1 aromatic heterocycles. The van der Waals surface area contributed by atoms with Crippen LogP contribution < -0.4 is 20.8 Å². The van der Waals surface area contributed by atoms with Crippen molar-refractivity contribution in [2.75, 3.05) is 13.7 Å². The second-order valence-corrected chi connectivity index (χ2v) is 8.18. The zero-order valence-electron chi connectivity index (χ0n) is 17.3. The number of rotatable bonds is 4. The van der Waals surface area contributed by atoms with Gasteiger partial charge in [-0.05, 0) is 25.5 Å². The van der Waals surface area contributed by atoms with Gasteiger partial charge in [0.05, 0.1) is 7.11 Å². The summed E-state index contributed by atoms with van der Waals surface area (Å²) in [4.78, 5) is 39.0. The van der Waals surface area contributed by atoms with Gasteiger partial charge in [0.2, 0.25) is 5.43 Å². The van der Waals surface area contributed by atoms with E-state index >= 15 is 0 Å². The maximum absolute atomic E-state index is 13.8. The van der Waals surface area contributed by atoms with Gasteiger partial charge in [0.1, 0.15) is 22.9 Å². The van der Waals surface area contributed by atoms with Gasteiger partial charge in [-0.2, -0.15) is 0 Å². The second-order valence-electron chi connectivity index (χ2n) is 8.18. The molecule has 0 radical (unpaired) electrons.